The summed E-state index contributed by atoms with van der Waals surface area (Å²) in [6, 6.07) is 23.0. The summed E-state index contributed by atoms with van der Waals surface area (Å²) in [6.07, 6.45) is 2.58. The van der Waals surface area contributed by atoms with Crippen LogP contribution in [0.25, 0.3) is 16.6 Å². The highest BCUT2D eigenvalue weighted by atomic mass is 35.5. The summed E-state index contributed by atoms with van der Waals surface area (Å²) in [5.41, 5.74) is 5.17. The van der Waals surface area contributed by atoms with E-state index in [4.69, 9.17) is 11.6 Å². The number of halogens is 1. The Morgan fingerprint density at radius 1 is 0.867 bits per heavy atom. The lowest BCUT2D eigenvalue weighted by Gasteiger charge is -2.28. The molecular weight excluding hydrogens is 396 g/mol. The van der Waals surface area contributed by atoms with Crippen LogP contribution < -0.4 is 0 Å². The number of ketones is 1. The number of benzene rings is 2. The number of hydrogen-bond donors (Lipinski definition) is 0. The SMILES string of the molecule is O=C(C(=O)N1CCc2ccccc2C1)c1c(-c2ccc(Cl)cc2)cc2ccccn12. The van der Waals surface area contributed by atoms with Crippen molar-refractivity contribution in [2.45, 2.75) is 13.0 Å². The van der Waals surface area contributed by atoms with Gasteiger partial charge in [0.15, 0.2) is 0 Å². The van der Waals surface area contributed by atoms with Gasteiger partial charge >= 0.3 is 0 Å². The van der Waals surface area contributed by atoms with Crippen molar-refractivity contribution in [2.24, 2.45) is 0 Å². The zero-order valence-corrected chi connectivity index (χ0v) is 17.0. The van der Waals surface area contributed by atoms with Gasteiger partial charge in [0, 0.05) is 35.4 Å². The molecule has 148 valence electrons. The fraction of sp³-hybridized carbons (Fsp3) is 0.120. The van der Waals surface area contributed by atoms with Gasteiger partial charge in [-0.2, -0.15) is 0 Å². The van der Waals surface area contributed by atoms with E-state index in [1.165, 1.54) is 5.56 Å². The molecule has 4 nitrogen and oxygen atoms in total. The minimum atomic E-state index is -0.495. The largest absolute Gasteiger partial charge is 0.331 e. The Morgan fingerprint density at radius 2 is 1.60 bits per heavy atom. The smallest absolute Gasteiger partial charge is 0.296 e. The first-order valence-electron chi connectivity index (χ1n) is 9.88. The monoisotopic (exact) mass is 414 g/mol. The zero-order chi connectivity index (χ0) is 20.7. The maximum absolute atomic E-state index is 13.5. The fourth-order valence-corrected chi connectivity index (χ4v) is 4.24. The van der Waals surface area contributed by atoms with E-state index in [1.54, 1.807) is 21.4 Å². The van der Waals surface area contributed by atoms with E-state index in [2.05, 4.69) is 6.07 Å². The maximum atomic E-state index is 13.5. The lowest BCUT2D eigenvalue weighted by Crippen LogP contribution is -2.40. The first kappa shape index (κ1) is 18.6. The third kappa shape index (κ3) is 3.19. The third-order valence-corrected chi connectivity index (χ3v) is 5.91. The second-order valence-corrected chi connectivity index (χ2v) is 7.92. The summed E-state index contributed by atoms with van der Waals surface area (Å²) in [4.78, 5) is 28.3. The van der Waals surface area contributed by atoms with Gasteiger partial charge in [-0.1, -0.05) is 54.1 Å². The number of hydrogen-bond acceptors (Lipinski definition) is 2. The lowest BCUT2D eigenvalue weighted by atomic mass is 9.99. The topological polar surface area (TPSA) is 41.8 Å². The molecule has 0 spiro atoms. The van der Waals surface area contributed by atoms with E-state index >= 15 is 0 Å². The van der Waals surface area contributed by atoms with E-state index in [-0.39, 0.29) is 0 Å². The van der Waals surface area contributed by atoms with Gasteiger partial charge in [0.05, 0.1) is 0 Å². The minimum absolute atomic E-state index is 0.386. The van der Waals surface area contributed by atoms with Gasteiger partial charge in [-0.05, 0) is 53.4 Å². The zero-order valence-electron chi connectivity index (χ0n) is 16.2. The van der Waals surface area contributed by atoms with E-state index in [9.17, 15) is 9.59 Å². The molecule has 4 aromatic rings. The summed E-state index contributed by atoms with van der Waals surface area (Å²) in [7, 11) is 0. The molecule has 2 aromatic heterocycles. The molecule has 0 N–H and O–H groups in total. The van der Waals surface area contributed by atoms with Crippen molar-refractivity contribution in [1.82, 2.24) is 9.30 Å². The molecule has 5 rings (SSSR count). The first-order valence-corrected chi connectivity index (χ1v) is 10.3. The highest BCUT2D eigenvalue weighted by Gasteiger charge is 2.30. The van der Waals surface area contributed by atoms with Gasteiger partial charge < -0.3 is 9.30 Å². The van der Waals surface area contributed by atoms with Crippen molar-refractivity contribution in [3.63, 3.8) is 0 Å². The number of fused-ring (bicyclic) bond motifs is 2. The Hall–Kier alpha value is -3.37. The molecule has 0 atom stereocenters. The number of carbonyl (C=O) groups excluding carboxylic acids is 2. The van der Waals surface area contributed by atoms with Crippen LogP contribution in [0.15, 0.2) is 79.0 Å². The van der Waals surface area contributed by atoms with Crippen molar-refractivity contribution in [3.8, 4) is 11.1 Å². The van der Waals surface area contributed by atoms with Gasteiger partial charge in [0.1, 0.15) is 5.69 Å². The van der Waals surface area contributed by atoms with Crippen molar-refractivity contribution in [1.29, 1.82) is 0 Å². The van der Waals surface area contributed by atoms with Gasteiger partial charge in [0.2, 0.25) is 0 Å². The standard InChI is InChI=1S/C25H19ClN2O2/c26-20-10-8-18(9-11-20)22-15-21-7-3-4-13-28(21)23(22)24(29)25(30)27-14-12-17-5-1-2-6-19(17)16-27/h1-11,13,15H,12,14,16H2. The van der Waals surface area contributed by atoms with Gasteiger partial charge in [-0.3, -0.25) is 9.59 Å². The normalized spacial score (nSPS) is 13.3. The summed E-state index contributed by atoms with van der Waals surface area (Å²) in [6.45, 7) is 1.00. The molecule has 3 heterocycles. The summed E-state index contributed by atoms with van der Waals surface area (Å²) in [5.74, 6) is -0.964. The molecule has 0 aliphatic carbocycles. The number of pyridine rings is 1. The Balaban J connectivity index is 1.55. The van der Waals surface area contributed by atoms with Crippen molar-refractivity contribution in [3.05, 3.63) is 101 Å². The molecule has 1 aliphatic rings. The Morgan fingerprint density at radius 3 is 2.40 bits per heavy atom. The number of rotatable bonds is 3. The van der Waals surface area contributed by atoms with Crippen LogP contribution in [0, 0.1) is 0 Å². The van der Waals surface area contributed by atoms with Crippen molar-refractivity contribution >= 4 is 28.8 Å². The molecule has 0 saturated heterocycles. The highest BCUT2D eigenvalue weighted by molar-refractivity contribution is 6.43. The number of aromatic nitrogens is 1. The molecule has 0 unspecified atom stereocenters. The lowest BCUT2D eigenvalue weighted by molar-refractivity contribution is -0.127. The maximum Gasteiger partial charge on any atom is 0.296 e. The van der Waals surface area contributed by atoms with E-state index in [1.807, 2.05) is 60.8 Å². The van der Waals surface area contributed by atoms with E-state index in [0.717, 1.165) is 28.6 Å². The molecule has 0 radical (unpaired) electrons. The second-order valence-electron chi connectivity index (χ2n) is 7.48. The number of carbonyl (C=O) groups is 2. The number of amides is 1. The molecule has 0 bridgehead atoms. The van der Waals surface area contributed by atoms with Crippen molar-refractivity contribution < 1.29 is 9.59 Å². The van der Waals surface area contributed by atoms with Gasteiger partial charge in [0.25, 0.3) is 11.7 Å². The molecule has 0 saturated carbocycles. The fourth-order valence-electron chi connectivity index (χ4n) is 4.12. The average molecular weight is 415 g/mol. The van der Waals surface area contributed by atoms with Crippen molar-refractivity contribution in [2.75, 3.05) is 6.54 Å². The summed E-state index contributed by atoms with van der Waals surface area (Å²) >= 11 is 6.04. The van der Waals surface area contributed by atoms with Crippen LogP contribution >= 0.6 is 11.6 Å². The van der Waals surface area contributed by atoms with E-state index < -0.39 is 11.7 Å². The Bertz CT molecular complexity index is 1270. The minimum Gasteiger partial charge on any atom is -0.331 e. The van der Waals surface area contributed by atoms with Crippen LogP contribution in [0.3, 0.4) is 0 Å². The van der Waals surface area contributed by atoms with E-state index in [0.29, 0.717) is 23.8 Å². The molecule has 5 heteroatoms. The molecular formula is C25H19ClN2O2. The van der Waals surface area contributed by atoms with Crippen LogP contribution in [0.2, 0.25) is 5.02 Å². The van der Waals surface area contributed by atoms with Crippen LogP contribution in [-0.4, -0.2) is 27.5 Å². The van der Waals surface area contributed by atoms with Crippen LogP contribution in [0.5, 0.6) is 0 Å². The first-order chi connectivity index (χ1) is 14.6. The van der Waals surface area contributed by atoms with Gasteiger partial charge in [-0.15, -0.1) is 0 Å². The number of nitrogens with zero attached hydrogens (tertiary/aromatic N) is 2. The second kappa shape index (κ2) is 7.47. The summed E-state index contributed by atoms with van der Waals surface area (Å²) < 4.78 is 1.79. The Labute approximate surface area is 179 Å². The van der Waals surface area contributed by atoms with Crippen LogP contribution in [0.4, 0.5) is 0 Å². The predicted molar refractivity (Wildman–Crippen MR) is 118 cm³/mol. The molecule has 1 aliphatic heterocycles. The molecule has 1 amide bonds. The Kier molecular flexibility index (Phi) is 4.64. The van der Waals surface area contributed by atoms with Crippen LogP contribution in [-0.2, 0) is 17.8 Å². The average Bonchev–Trinajstić information content (AvgIpc) is 3.17. The third-order valence-electron chi connectivity index (χ3n) is 5.66. The predicted octanol–water partition coefficient (Wildman–Crippen LogP) is 5.03. The molecule has 2 aromatic carbocycles. The van der Waals surface area contributed by atoms with Gasteiger partial charge in [-0.25, -0.2) is 0 Å². The quantitative estimate of drug-likeness (QED) is 0.348. The highest BCUT2D eigenvalue weighted by Crippen LogP contribution is 2.30. The van der Waals surface area contributed by atoms with Crippen LogP contribution in [0.1, 0.15) is 21.6 Å². The number of Topliss-reactive ketones (excluding diaryl/α,β-unsaturated/α-hetero) is 1. The summed E-state index contributed by atoms with van der Waals surface area (Å²) in [5, 5.41) is 0.624. The molecule has 0 fully saturated rings. The molecule has 30 heavy (non-hydrogen) atoms.